The van der Waals surface area contributed by atoms with Gasteiger partial charge >= 0.3 is 0 Å². The highest BCUT2D eigenvalue weighted by Crippen LogP contribution is 2.33. The van der Waals surface area contributed by atoms with Gasteiger partial charge in [-0.1, -0.05) is 6.07 Å². The smallest absolute Gasteiger partial charge is 0.262 e. The molecule has 2 aromatic rings. The number of nitrogens with zero attached hydrogens (tertiary/aromatic N) is 1. The van der Waals surface area contributed by atoms with Crippen molar-refractivity contribution in [2.45, 2.75) is 31.8 Å². The Morgan fingerprint density at radius 2 is 1.88 bits per heavy atom. The number of carbonyl (C=O) groups excluding carboxylic acids is 2. The van der Waals surface area contributed by atoms with Crippen LogP contribution < -0.4 is 21.3 Å². The number of fused-ring (bicyclic) bond motifs is 1. The average molecular weight is 357 g/mol. The summed E-state index contributed by atoms with van der Waals surface area (Å²) in [6.07, 6.45) is 3.47. The first-order valence-corrected chi connectivity index (χ1v) is 8.34. The fourth-order valence-electron chi connectivity index (χ4n) is 3.49. The zero-order valence-corrected chi connectivity index (χ0v) is 13.8. The van der Waals surface area contributed by atoms with Gasteiger partial charge in [-0.3, -0.25) is 24.3 Å². The zero-order valence-electron chi connectivity index (χ0n) is 13.8. The fourth-order valence-corrected chi connectivity index (χ4v) is 3.49. The van der Waals surface area contributed by atoms with Gasteiger partial charge in [0.05, 0.1) is 22.9 Å². The van der Waals surface area contributed by atoms with Crippen molar-refractivity contribution < 1.29 is 18.7 Å². The molecule has 2 amide bonds. The summed E-state index contributed by atoms with van der Waals surface area (Å²) in [7, 11) is 0. The molecule has 0 atom stereocenters. The standard InChI is InChI=1S/C18H16FN3O4/c19-11-6-3-7-12(15(11)26-9-4-1-2-5-9)22-13(23)8-10-14(16(22)20)18(25)21-17(10)24/h3,6-9H,1-2,4-5,20H2,(H,21,24,25). The van der Waals surface area contributed by atoms with E-state index in [0.29, 0.717) is 0 Å². The van der Waals surface area contributed by atoms with Gasteiger partial charge in [-0.25, -0.2) is 4.39 Å². The van der Waals surface area contributed by atoms with Crippen molar-refractivity contribution in [3.05, 3.63) is 51.6 Å². The van der Waals surface area contributed by atoms with Gasteiger partial charge in [0.25, 0.3) is 17.4 Å². The summed E-state index contributed by atoms with van der Waals surface area (Å²) in [5.74, 6) is -2.30. The van der Waals surface area contributed by atoms with Crippen LogP contribution in [0.15, 0.2) is 29.1 Å². The molecule has 134 valence electrons. The molecular weight excluding hydrogens is 341 g/mol. The molecule has 0 saturated heterocycles. The molecule has 7 nitrogen and oxygen atoms in total. The van der Waals surface area contributed by atoms with Crippen molar-refractivity contribution in [1.82, 2.24) is 9.88 Å². The Labute approximate surface area is 147 Å². The van der Waals surface area contributed by atoms with E-state index in [9.17, 15) is 18.8 Å². The number of rotatable bonds is 3. The van der Waals surface area contributed by atoms with E-state index in [1.54, 1.807) is 0 Å². The summed E-state index contributed by atoms with van der Waals surface area (Å²) in [5, 5.41) is 2.10. The van der Waals surface area contributed by atoms with Gasteiger partial charge in [0.2, 0.25) is 0 Å². The minimum absolute atomic E-state index is 0.0802. The zero-order chi connectivity index (χ0) is 18.4. The van der Waals surface area contributed by atoms with Crippen molar-refractivity contribution >= 4 is 17.6 Å². The highest BCUT2D eigenvalue weighted by atomic mass is 19.1. The third-order valence-corrected chi connectivity index (χ3v) is 4.73. The fraction of sp³-hybridized carbons (Fsp3) is 0.278. The van der Waals surface area contributed by atoms with Gasteiger partial charge in [-0.15, -0.1) is 0 Å². The molecule has 1 aliphatic carbocycles. The minimum Gasteiger partial charge on any atom is -0.485 e. The van der Waals surface area contributed by atoms with Gasteiger partial charge in [0.15, 0.2) is 11.6 Å². The maximum atomic E-state index is 14.5. The maximum absolute atomic E-state index is 14.5. The predicted molar refractivity (Wildman–Crippen MR) is 91.1 cm³/mol. The van der Waals surface area contributed by atoms with Crippen LogP contribution in [0.5, 0.6) is 5.75 Å². The molecule has 1 aromatic heterocycles. The average Bonchev–Trinajstić information content (AvgIpc) is 3.19. The number of imide groups is 1. The molecule has 1 fully saturated rings. The Kier molecular flexibility index (Phi) is 3.75. The van der Waals surface area contributed by atoms with Crippen LogP contribution >= 0.6 is 0 Å². The lowest BCUT2D eigenvalue weighted by Crippen LogP contribution is -2.25. The third kappa shape index (κ3) is 2.45. The Morgan fingerprint density at radius 1 is 1.15 bits per heavy atom. The molecule has 0 spiro atoms. The summed E-state index contributed by atoms with van der Waals surface area (Å²) < 4.78 is 21.3. The van der Waals surface area contributed by atoms with E-state index in [-0.39, 0.29) is 34.5 Å². The van der Waals surface area contributed by atoms with Gasteiger partial charge < -0.3 is 10.5 Å². The number of nitrogens with one attached hydrogen (secondary N) is 1. The number of hydrogen-bond acceptors (Lipinski definition) is 5. The number of amides is 2. The quantitative estimate of drug-likeness (QED) is 0.815. The number of aromatic nitrogens is 1. The number of carbonyl (C=O) groups is 2. The summed E-state index contributed by atoms with van der Waals surface area (Å²) in [6.45, 7) is 0. The molecule has 1 aliphatic heterocycles. The number of hydrogen-bond donors (Lipinski definition) is 2. The van der Waals surface area contributed by atoms with Gasteiger partial charge in [0.1, 0.15) is 5.82 Å². The number of anilines is 1. The second kappa shape index (κ2) is 5.98. The van der Waals surface area contributed by atoms with Crippen LogP contribution in [0, 0.1) is 5.82 Å². The first-order chi connectivity index (χ1) is 12.5. The highest BCUT2D eigenvalue weighted by Gasteiger charge is 2.32. The number of halogens is 1. The second-order valence-electron chi connectivity index (χ2n) is 6.39. The van der Waals surface area contributed by atoms with E-state index in [2.05, 4.69) is 5.32 Å². The van der Waals surface area contributed by atoms with E-state index < -0.39 is 23.2 Å². The summed E-state index contributed by atoms with van der Waals surface area (Å²) in [4.78, 5) is 36.3. The van der Waals surface area contributed by atoms with Crippen LogP contribution in [-0.4, -0.2) is 22.5 Å². The molecule has 1 saturated carbocycles. The first-order valence-electron chi connectivity index (χ1n) is 8.34. The summed E-state index contributed by atoms with van der Waals surface area (Å²) in [5.41, 5.74) is 5.31. The molecule has 8 heteroatoms. The van der Waals surface area contributed by atoms with E-state index in [0.717, 1.165) is 36.3 Å². The topological polar surface area (TPSA) is 103 Å². The third-order valence-electron chi connectivity index (χ3n) is 4.73. The SMILES string of the molecule is Nc1c2c(cc(=O)n1-c1cccc(F)c1OC1CCCC1)C(=O)NC2=O. The van der Waals surface area contributed by atoms with E-state index in [1.165, 1.54) is 18.2 Å². The van der Waals surface area contributed by atoms with Crippen LogP contribution in [-0.2, 0) is 0 Å². The number of para-hydroxylation sites is 1. The number of nitrogen functional groups attached to an aromatic ring is 1. The maximum Gasteiger partial charge on any atom is 0.262 e. The number of benzene rings is 1. The summed E-state index contributed by atoms with van der Waals surface area (Å²) in [6, 6.07) is 5.18. The van der Waals surface area contributed by atoms with Crippen LogP contribution in [0.2, 0.25) is 0 Å². The van der Waals surface area contributed by atoms with Crippen molar-refractivity contribution in [2.24, 2.45) is 0 Å². The number of pyridine rings is 1. The largest absolute Gasteiger partial charge is 0.485 e. The first kappa shape index (κ1) is 16.3. The van der Waals surface area contributed by atoms with Crippen molar-refractivity contribution in [1.29, 1.82) is 0 Å². The molecular formula is C18H16FN3O4. The monoisotopic (exact) mass is 357 g/mol. The summed E-state index contributed by atoms with van der Waals surface area (Å²) >= 11 is 0. The van der Waals surface area contributed by atoms with Crippen LogP contribution in [0.25, 0.3) is 5.69 Å². The lowest BCUT2D eigenvalue weighted by atomic mass is 10.1. The molecule has 0 unspecified atom stereocenters. The highest BCUT2D eigenvalue weighted by molar-refractivity contribution is 6.23. The number of nitrogens with two attached hydrogens (primary N) is 1. The molecule has 2 aliphatic rings. The normalized spacial score (nSPS) is 16.7. The Morgan fingerprint density at radius 3 is 2.62 bits per heavy atom. The molecule has 0 radical (unpaired) electrons. The van der Waals surface area contributed by atoms with E-state index in [1.807, 2.05) is 0 Å². The lowest BCUT2D eigenvalue weighted by molar-refractivity contribution is 0.0880. The molecule has 3 N–H and O–H groups in total. The van der Waals surface area contributed by atoms with Gasteiger partial charge in [-0.2, -0.15) is 0 Å². The predicted octanol–water partition coefficient (Wildman–Crippen LogP) is 1.76. The van der Waals surface area contributed by atoms with E-state index >= 15 is 0 Å². The molecule has 2 heterocycles. The molecule has 26 heavy (non-hydrogen) atoms. The van der Waals surface area contributed by atoms with Crippen molar-refractivity contribution in [3.63, 3.8) is 0 Å². The van der Waals surface area contributed by atoms with E-state index in [4.69, 9.17) is 10.5 Å². The number of ether oxygens (including phenoxy) is 1. The second-order valence-corrected chi connectivity index (χ2v) is 6.39. The lowest BCUT2D eigenvalue weighted by Gasteiger charge is -2.19. The Balaban J connectivity index is 1.90. The van der Waals surface area contributed by atoms with Crippen molar-refractivity contribution in [2.75, 3.05) is 5.73 Å². The van der Waals surface area contributed by atoms with Crippen LogP contribution in [0.3, 0.4) is 0 Å². The Hall–Kier alpha value is -3.16. The minimum atomic E-state index is -0.689. The van der Waals surface area contributed by atoms with Gasteiger partial charge in [0, 0.05) is 6.07 Å². The van der Waals surface area contributed by atoms with Gasteiger partial charge in [-0.05, 0) is 37.8 Å². The molecule has 1 aromatic carbocycles. The van der Waals surface area contributed by atoms with Crippen molar-refractivity contribution in [3.8, 4) is 11.4 Å². The molecule has 0 bridgehead atoms. The van der Waals surface area contributed by atoms with Crippen LogP contribution in [0.1, 0.15) is 46.4 Å². The Bertz CT molecular complexity index is 993. The van der Waals surface area contributed by atoms with Crippen LogP contribution in [0.4, 0.5) is 10.2 Å². The molecule has 4 rings (SSSR count).